The highest BCUT2D eigenvalue weighted by Crippen LogP contribution is 2.26. The average Bonchev–Trinajstić information content (AvgIpc) is 3.10. The van der Waals surface area contributed by atoms with Gasteiger partial charge in [0, 0.05) is 35.8 Å². The zero-order chi connectivity index (χ0) is 20.4. The van der Waals surface area contributed by atoms with Crippen LogP contribution in [0.2, 0.25) is 0 Å². The monoisotopic (exact) mass is 389 g/mol. The third kappa shape index (κ3) is 3.92. The third-order valence-corrected chi connectivity index (χ3v) is 5.28. The van der Waals surface area contributed by atoms with Gasteiger partial charge >= 0.3 is 0 Å². The van der Waals surface area contributed by atoms with E-state index in [0.717, 1.165) is 29.5 Å². The van der Waals surface area contributed by atoms with Gasteiger partial charge in [0.2, 0.25) is 17.4 Å². The molecule has 1 aromatic heterocycles. The Kier molecular flexibility index (Phi) is 5.16. The van der Waals surface area contributed by atoms with Crippen LogP contribution in [0.25, 0.3) is 10.9 Å². The second-order valence-electron chi connectivity index (χ2n) is 7.40. The lowest BCUT2D eigenvalue weighted by Crippen LogP contribution is -2.28. The Bertz CT molecular complexity index is 1120. The predicted molar refractivity (Wildman–Crippen MR) is 114 cm³/mol. The first-order valence-corrected chi connectivity index (χ1v) is 9.87. The van der Waals surface area contributed by atoms with Crippen molar-refractivity contribution in [1.82, 2.24) is 4.98 Å². The Morgan fingerprint density at radius 2 is 1.93 bits per heavy atom. The fraction of sp³-hybridized carbons (Fsp3) is 0.261. The summed E-state index contributed by atoms with van der Waals surface area (Å²) in [7, 11) is 0. The van der Waals surface area contributed by atoms with Crippen molar-refractivity contribution in [2.24, 2.45) is 5.92 Å². The van der Waals surface area contributed by atoms with Crippen LogP contribution in [-0.4, -0.2) is 23.3 Å². The van der Waals surface area contributed by atoms with Crippen molar-refractivity contribution in [1.29, 1.82) is 0 Å². The van der Waals surface area contributed by atoms with E-state index in [0.29, 0.717) is 17.7 Å². The molecule has 148 valence electrons. The molecule has 2 amide bonds. The van der Waals surface area contributed by atoms with Crippen molar-refractivity contribution in [2.75, 3.05) is 16.8 Å². The minimum absolute atomic E-state index is 0.0524. The maximum absolute atomic E-state index is 12.7. The number of carbonyl (C=O) groups is 2. The summed E-state index contributed by atoms with van der Waals surface area (Å²) >= 11 is 0. The second kappa shape index (κ2) is 7.91. The van der Waals surface area contributed by atoms with Gasteiger partial charge in [0.1, 0.15) is 0 Å². The number of anilines is 2. The van der Waals surface area contributed by atoms with E-state index in [1.165, 1.54) is 0 Å². The van der Waals surface area contributed by atoms with Crippen LogP contribution >= 0.6 is 0 Å². The van der Waals surface area contributed by atoms with Crippen LogP contribution in [0.15, 0.2) is 59.4 Å². The van der Waals surface area contributed by atoms with E-state index in [1.54, 1.807) is 17.0 Å². The van der Waals surface area contributed by atoms with Crippen LogP contribution in [0.3, 0.4) is 0 Å². The first-order valence-electron chi connectivity index (χ1n) is 9.87. The van der Waals surface area contributed by atoms with Gasteiger partial charge in [-0.1, -0.05) is 37.6 Å². The first-order chi connectivity index (χ1) is 14.0. The number of benzene rings is 2. The number of rotatable bonds is 5. The van der Waals surface area contributed by atoms with Crippen LogP contribution in [0.1, 0.15) is 25.3 Å². The SMILES string of the molecule is CCCc1cc(=O)[nH]c2cc(NC(=O)C3CC(=O)N(c4ccccc4)C3)ccc12. The van der Waals surface area contributed by atoms with Crippen molar-refractivity contribution in [3.63, 3.8) is 0 Å². The molecule has 1 aliphatic rings. The molecule has 0 saturated carbocycles. The molecular formula is C23H23N3O3. The number of aryl methyl sites for hydroxylation is 1. The van der Waals surface area contributed by atoms with Gasteiger partial charge < -0.3 is 15.2 Å². The summed E-state index contributed by atoms with van der Waals surface area (Å²) in [5, 5.41) is 3.88. The molecule has 0 aliphatic carbocycles. The second-order valence-corrected chi connectivity index (χ2v) is 7.40. The zero-order valence-electron chi connectivity index (χ0n) is 16.3. The molecule has 0 bridgehead atoms. The summed E-state index contributed by atoms with van der Waals surface area (Å²) in [6.45, 7) is 2.43. The van der Waals surface area contributed by atoms with Crippen molar-refractivity contribution in [3.05, 3.63) is 70.5 Å². The molecule has 2 heterocycles. The Hall–Kier alpha value is -3.41. The Balaban J connectivity index is 1.52. The largest absolute Gasteiger partial charge is 0.326 e. The molecule has 4 rings (SSSR count). The molecule has 3 aromatic rings. The number of carbonyl (C=O) groups excluding carboxylic acids is 2. The van der Waals surface area contributed by atoms with Gasteiger partial charge in [-0.05, 0) is 36.2 Å². The van der Waals surface area contributed by atoms with Gasteiger partial charge in [0.15, 0.2) is 0 Å². The highest BCUT2D eigenvalue weighted by atomic mass is 16.2. The van der Waals surface area contributed by atoms with Crippen LogP contribution in [0.5, 0.6) is 0 Å². The number of aromatic amines is 1. The van der Waals surface area contributed by atoms with Gasteiger partial charge in [-0.25, -0.2) is 0 Å². The number of nitrogens with one attached hydrogen (secondary N) is 2. The van der Waals surface area contributed by atoms with Gasteiger partial charge in [0.05, 0.1) is 11.4 Å². The summed E-state index contributed by atoms with van der Waals surface area (Å²) in [6, 6.07) is 16.5. The molecule has 1 aliphatic heterocycles. The maximum atomic E-state index is 12.7. The molecule has 6 nitrogen and oxygen atoms in total. The number of aromatic nitrogens is 1. The van der Waals surface area contributed by atoms with E-state index < -0.39 is 5.92 Å². The van der Waals surface area contributed by atoms with Crippen LogP contribution in [0, 0.1) is 5.92 Å². The summed E-state index contributed by atoms with van der Waals surface area (Å²) < 4.78 is 0. The van der Waals surface area contributed by atoms with E-state index in [2.05, 4.69) is 17.2 Å². The smallest absolute Gasteiger partial charge is 0.248 e. The van der Waals surface area contributed by atoms with Crippen LogP contribution < -0.4 is 15.8 Å². The van der Waals surface area contributed by atoms with E-state index >= 15 is 0 Å². The number of fused-ring (bicyclic) bond motifs is 1. The van der Waals surface area contributed by atoms with Crippen LogP contribution in [0.4, 0.5) is 11.4 Å². The van der Waals surface area contributed by atoms with Crippen molar-refractivity contribution in [2.45, 2.75) is 26.2 Å². The fourth-order valence-electron chi connectivity index (χ4n) is 3.87. The number of H-pyrrole nitrogens is 1. The van der Waals surface area contributed by atoms with Crippen molar-refractivity contribution in [3.8, 4) is 0 Å². The Morgan fingerprint density at radius 3 is 2.69 bits per heavy atom. The number of pyridine rings is 1. The van der Waals surface area contributed by atoms with Crippen LogP contribution in [-0.2, 0) is 16.0 Å². The molecule has 0 radical (unpaired) electrons. The Labute approximate surface area is 168 Å². The highest BCUT2D eigenvalue weighted by molar-refractivity contribution is 6.04. The lowest BCUT2D eigenvalue weighted by atomic mass is 10.0. The van der Waals surface area contributed by atoms with Gasteiger partial charge in [0.25, 0.3) is 0 Å². The summed E-state index contributed by atoms with van der Waals surface area (Å²) in [6.07, 6.45) is 1.96. The van der Waals surface area contributed by atoms with Gasteiger partial charge in [-0.3, -0.25) is 14.4 Å². The highest BCUT2D eigenvalue weighted by Gasteiger charge is 2.35. The molecule has 29 heavy (non-hydrogen) atoms. The zero-order valence-corrected chi connectivity index (χ0v) is 16.3. The minimum Gasteiger partial charge on any atom is -0.326 e. The lowest BCUT2D eigenvalue weighted by molar-refractivity contribution is -0.122. The number of para-hydroxylation sites is 1. The Morgan fingerprint density at radius 1 is 1.14 bits per heavy atom. The summed E-state index contributed by atoms with van der Waals surface area (Å²) in [5.74, 6) is -0.657. The topological polar surface area (TPSA) is 82.3 Å². The average molecular weight is 389 g/mol. The lowest BCUT2D eigenvalue weighted by Gasteiger charge is -2.16. The molecular weight excluding hydrogens is 366 g/mol. The van der Waals surface area contributed by atoms with E-state index in [-0.39, 0.29) is 23.8 Å². The normalized spacial score (nSPS) is 16.4. The fourth-order valence-corrected chi connectivity index (χ4v) is 3.87. The van der Waals surface area contributed by atoms with E-state index in [1.807, 2.05) is 42.5 Å². The number of hydrogen-bond acceptors (Lipinski definition) is 3. The molecule has 1 unspecified atom stereocenters. The molecule has 1 fully saturated rings. The van der Waals surface area contributed by atoms with Crippen molar-refractivity contribution >= 4 is 34.1 Å². The summed E-state index contributed by atoms with van der Waals surface area (Å²) in [4.78, 5) is 41.5. The number of hydrogen-bond donors (Lipinski definition) is 2. The molecule has 6 heteroatoms. The van der Waals surface area contributed by atoms with Gasteiger partial charge in [-0.15, -0.1) is 0 Å². The molecule has 1 atom stereocenters. The maximum Gasteiger partial charge on any atom is 0.248 e. The number of amides is 2. The molecule has 0 spiro atoms. The first kappa shape index (κ1) is 18.9. The quantitative estimate of drug-likeness (QED) is 0.701. The van der Waals surface area contributed by atoms with Crippen molar-refractivity contribution < 1.29 is 9.59 Å². The predicted octanol–water partition coefficient (Wildman–Crippen LogP) is 3.47. The summed E-state index contributed by atoms with van der Waals surface area (Å²) in [5.41, 5.74) is 2.97. The molecule has 2 N–H and O–H groups in total. The number of nitrogens with zero attached hydrogens (tertiary/aromatic N) is 1. The van der Waals surface area contributed by atoms with E-state index in [4.69, 9.17) is 0 Å². The standard InChI is InChI=1S/C23H23N3O3/c1-2-6-15-11-21(27)25-20-13-17(9-10-19(15)20)24-23(29)16-12-22(28)26(14-16)18-7-4-3-5-8-18/h3-5,7-11,13,16H,2,6,12,14H2,1H3,(H,24,29)(H,25,27). The third-order valence-electron chi connectivity index (χ3n) is 5.28. The minimum atomic E-state index is -0.413. The van der Waals surface area contributed by atoms with Gasteiger partial charge in [-0.2, -0.15) is 0 Å². The van der Waals surface area contributed by atoms with E-state index in [9.17, 15) is 14.4 Å². The molecule has 2 aromatic carbocycles. The molecule has 1 saturated heterocycles.